The molecule has 15 heavy (non-hydrogen) atoms. The fourth-order valence-electron chi connectivity index (χ4n) is 1.33. The molecule has 0 aromatic heterocycles. The van der Waals surface area contributed by atoms with E-state index in [0.717, 1.165) is 6.54 Å². The second kappa shape index (κ2) is 5.47. The van der Waals surface area contributed by atoms with Gasteiger partial charge in [0, 0.05) is 12.1 Å². The first-order chi connectivity index (χ1) is 6.75. The summed E-state index contributed by atoms with van der Waals surface area (Å²) in [6.45, 7) is 10.3. The van der Waals surface area contributed by atoms with Crippen LogP contribution >= 0.6 is 0 Å². The second-order valence-corrected chi connectivity index (χ2v) is 4.97. The molecule has 0 saturated carbocycles. The lowest BCUT2D eigenvalue weighted by atomic mass is 9.97. The fraction of sp³-hybridized carbons (Fsp3) is 0.909. The third-order valence-corrected chi connectivity index (χ3v) is 2.38. The van der Waals surface area contributed by atoms with Crippen molar-refractivity contribution in [2.24, 2.45) is 0 Å². The molecule has 0 aromatic rings. The zero-order valence-corrected chi connectivity index (χ0v) is 10.5. The van der Waals surface area contributed by atoms with E-state index >= 15 is 0 Å². The second-order valence-electron chi connectivity index (χ2n) is 4.97. The van der Waals surface area contributed by atoms with Crippen molar-refractivity contribution in [3.05, 3.63) is 0 Å². The van der Waals surface area contributed by atoms with Crippen molar-refractivity contribution in [2.75, 3.05) is 13.2 Å². The molecule has 0 aliphatic carbocycles. The number of carbonyl (C=O) groups excluding carboxylic acids is 1. The van der Waals surface area contributed by atoms with E-state index in [0.29, 0.717) is 6.42 Å². The minimum Gasteiger partial charge on any atom is -0.396 e. The Morgan fingerprint density at radius 2 is 1.80 bits per heavy atom. The van der Waals surface area contributed by atoms with Gasteiger partial charge in [0.2, 0.25) is 5.91 Å². The van der Waals surface area contributed by atoms with Crippen molar-refractivity contribution in [1.29, 1.82) is 0 Å². The Hall–Kier alpha value is -0.610. The van der Waals surface area contributed by atoms with E-state index < -0.39 is 5.54 Å². The zero-order valence-electron chi connectivity index (χ0n) is 10.5. The molecular weight excluding hydrogens is 192 g/mol. The Labute approximate surface area is 92.4 Å². The van der Waals surface area contributed by atoms with Crippen LogP contribution in [0.25, 0.3) is 0 Å². The summed E-state index contributed by atoms with van der Waals surface area (Å²) < 4.78 is 0. The number of hydrogen-bond donors (Lipinski definition) is 3. The molecule has 0 radical (unpaired) electrons. The fourth-order valence-corrected chi connectivity index (χ4v) is 1.33. The van der Waals surface area contributed by atoms with Crippen LogP contribution in [0.4, 0.5) is 0 Å². The number of likely N-dealkylation sites (N-methyl/N-ethyl adjacent to an activating group) is 1. The molecule has 0 atom stereocenters. The van der Waals surface area contributed by atoms with Gasteiger partial charge in [-0.25, -0.2) is 0 Å². The summed E-state index contributed by atoms with van der Waals surface area (Å²) >= 11 is 0. The van der Waals surface area contributed by atoms with Gasteiger partial charge < -0.3 is 15.7 Å². The van der Waals surface area contributed by atoms with Crippen LogP contribution in [0.2, 0.25) is 0 Å². The van der Waals surface area contributed by atoms with Crippen LogP contribution in [-0.2, 0) is 4.79 Å². The number of aliphatic hydroxyl groups excluding tert-OH is 1. The van der Waals surface area contributed by atoms with Gasteiger partial charge in [-0.15, -0.1) is 0 Å². The maximum absolute atomic E-state index is 11.9. The first-order valence-corrected chi connectivity index (χ1v) is 5.43. The summed E-state index contributed by atoms with van der Waals surface area (Å²) in [4.78, 5) is 11.9. The molecule has 0 rings (SSSR count). The topological polar surface area (TPSA) is 61.4 Å². The molecule has 0 heterocycles. The lowest BCUT2D eigenvalue weighted by Gasteiger charge is -2.32. The third kappa shape index (κ3) is 5.14. The number of rotatable bonds is 6. The van der Waals surface area contributed by atoms with Crippen molar-refractivity contribution >= 4 is 5.91 Å². The van der Waals surface area contributed by atoms with Gasteiger partial charge in [-0.1, -0.05) is 6.92 Å². The average molecular weight is 216 g/mol. The Balaban J connectivity index is 4.35. The Kier molecular flexibility index (Phi) is 5.24. The largest absolute Gasteiger partial charge is 0.396 e. The number of aliphatic hydroxyl groups is 1. The number of nitrogens with one attached hydrogen (secondary N) is 2. The van der Waals surface area contributed by atoms with E-state index in [1.54, 1.807) is 0 Å². The van der Waals surface area contributed by atoms with E-state index in [1.807, 2.05) is 34.6 Å². The molecule has 0 aromatic carbocycles. The number of amides is 1. The van der Waals surface area contributed by atoms with Gasteiger partial charge >= 0.3 is 0 Å². The lowest BCUT2D eigenvalue weighted by molar-refractivity contribution is -0.128. The maximum atomic E-state index is 11.9. The molecule has 0 spiro atoms. The van der Waals surface area contributed by atoms with Gasteiger partial charge in [0.15, 0.2) is 0 Å². The molecule has 0 bridgehead atoms. The van der Waals surface area contributed by atoms with E-state index in [4.69, 9.17) is 5.11 Å². The highest BCUT2D eigenvalue weighted by atomic mass is 16.3. The predicted octanol–water partition coefficient (Wildman–Crippen LogP) is 0.652. The zero-order chi connectivity index (χ0) is 12.1. The first kappa shape index (κ1) is 14.4. The summed E-state index contributed by atoms with van der Waals surface area (Å²) in [6, 6.07) is 0. The molecule has 0 aliphatic rings. The highest BCUT2D eigenvalue weighted by Crippen LogP contribution is 2.10. The van der Waals surface area contributed by atoms with Crippen molar-refractivity contribution < 1.29 is 9.90 Å². The minimum atomic E-state index is -0.568. The summed E-state index contributed by atoms with van der Waals surface area (Å²) in [5, 5.41) is 14.9. The van der Waals surface area contributed by atoms with Gasteiger partial charge in [0.05, 0.1) is 5.54 Å². The van der Waals surface area contributed by atoms with Crippen molar-refractivity contribution in [3.63, 3.8) is 0 Å². The highest BCUT2D eigenvalue weighted by molar-refractivity contribution is 5.85. The molecule has 3 N–H and O–H groups in total. The molecule has 4 heteroatoms. The van der Waals surface area contributed by atoms with Gasteiger partial charge in [-0.05, 0) is 40.7 Å². The van der Waals surface area contributed by atoms with Gasteiger partial charge in [-0.2, -0.15) is 0 Å². The van der Waals surface area contributed by atoms with Gasteiger partial charge in [0.25, 0.3) is 0 Å². The SMILES string of the molecule is CCNC(C)(C)C(=O)NC(C)(C)CCO. The van der Waals surface area contributed by atoms with Crippen LogP contribution in [0.5, 0.6) is 0 Å². The normalized spacial score (nSPS) is 12.7. The molecule has 90 valence electrons. The molecule has 0 aliphatic heterocycles. The minimum absolute atomic E-state index is 0.0391. The summed E-state index contributed by atoms with van der Waals surface area (Å²) in [5.41, 5.74) is -0.931. The Morgan fingerprint density at radius 1 is 1.27 bits per heavy atom. The molecule has 0 saturated heterocycles. The quantitative estimate of drug-likeness (QED) is 0.611. The highest BCUT2D eigenvalue weighted by Gasteiger charge is 2.30. The smallest absolute Gasteiger partial charge is 0.240 e. The molecule has 0 fully saturated rings. The van der Waals surface area contributed by atoms with Crippen LogP contribution in [0, 0.1) is 0 Å². The van der Waals surface area contributed by atoms with Gasteiger partial charge in [0.1, 0.15) is 0 Å². The number of hydrogen-bond acceptors (Lipinski definition) is 3. The number of carbonyl (C=O) groups is 1. The standard InChI is InChI=1S/C11H24N2O2/c1-6-12-11(4,5)9(15)13-10(2,3)7-8-14/h12,14H,6-8H2,1-5H3,(H,13,15). The maximum Gasteiger partial charge on any atom is 0.240 e. The molecule has 0 unspecified atom stereocenters. The lowest BCUT2D eigenvalue weighted by Crippen LogP contribution is -2.57. The Morgan fingerprint density at radius 3 is 2.20 bits per heavy atom. The third-order valence-electron chi connectivity index (χ3n) is 2.38. The van der Waals surface area contributed by atoms with Crippen LogP contribution in [0.15, 0.2) is 0 Å². The van der Waals surface area contributed by atoms with E-state index in [9.17, 15) is 4.79 Å². The van der Waals surface area contributed by atoms with Crippen LogP contribution in [0.3, 0.4) is 0 Å². The molecule has 4 nitrogen and oxygen atoms in total. The van der Waals surface area contributed by atoms with E-state index in [-0.39, 0.29) is 18.1 Å². The molecule has 1 amide bonds. The van der Waals surface area contributed by atoms with Crippen LogP contribution in [0.1, 0.15) is 41.0 Å². The molecular formula is C11H24N2O2. The van der Waals surface area contributed by atoms with E-state index in [2.05, 4.69) is 10.6 Å². The van der Waals surface area contributed by atoms with Crippen molar-refractivity contribution in [1.82, 2.24) is 10.6 Å². The van der Waals surface area contributed by atoms with Crippen molar-refractivity contribution in [3.8, 4) is 0 Å². The predicted molar refractivity (Wildman–Crippen MR) is 61.7 cm³/mol. The summed E-state index contributed by atoms with van der Waals surface area (Å²) in [5.74, 6) is -0.0391. The monoisotopic (exact) mass is 216 g/mol. The van der Waals surface area contributed by atoms with Crippen LogP contribution < -0.4 is 10.6 Å². The first-order valence-electron chi connectivity index (χ1n) is 5.43. The van der Waals surface area contributed by atoms with E-state index in [1.165, 1.54) is 0 Å². The summed E-state index contributed by atoms with van der Waals surface area (Å²) in [7, 11) is 0. The van der Waals surface area contributed by atoms with Crippen LogP contribution in [-0.4, -0.2) is 35.2 Å². The average Bonchev–Trinajstić information content (AvgIpc) is 2.02. The van der Waals surface area contributed by atoms with Gasteiger partial charge in [-0.3, -0.25) is 4.79 Å². The van der Waals surface area contributed by atoms with Crippen molar-refractivity contribution in [2.45, 2.75) is 52.1 Å². The summed E-state index contributed by atoms with van der Waals surface area (Å²) in [6.07, 6.45) is 0.556. The Bertz CT molecular complexity index is 213.